The number of nitrogens with zero attached hydrogens (tertiary/aromatic N) is 1. The largest absolute Gasteiger partial charge is 0.444 e. The van der Waals surface area contributed by atoms with Crippen LogP contribution in [0.5, 0.6) is 0 Å². The first kappa shape index (κ1) is 15.2. The summed E-state index contributed by atoms with van der Waals surface area (Å²) in [6.07, 6.45) is 0.457. The Morgan fingerprint density at radius 3 is 2.75 bits per heavy atom. The third kappa shape index (κ3) is 3.45. The highest BCUT2D eigenvalue weighted by atomic mass is 32.2. The highest BCUT2D eigenvalue weighted by Gasteiger charge is 2.18. The highest BCUT2D eigenvalue weighted by molar-refractivity contribution is 7.91. The second kappa shape index (κ2) is 6.04. The zero-order valence-electron chi connectivity index (χ0n) is 11.2. The van der Waals surface area contributed by atoms with Crippen molar-refractivity contribution in [1.29, 1.82) is 0 Å². The maximum atomic E-state index is 12.1. The number of hydrogen-bond acceptors (Lipinski definition) is 6. The Kier molecular flexibility index (Phi) is 4.59. The van der Waals surface area contributed by atoms with Crippen molar-refractivity contribution < 1.29 is 17.9 Å². The van der Waals surface area contributed by atoms with Crippen molar-refractivity contribution >= 4 is 21.4 Å². The minimum atomic E-state index is -3.57. The van der Waals surface area contributed by atoms with Gasteiger partial charge in [-0.25, -0.2) is 18.1 Å². The molecule has 0 atom stereocenters. The molecule has 0 radical (unpaired) electrons. The molecule has 0 bridgehead atoms. The van der Waals surface area contributed by atoms with E-state index in [4.69, 9.17) is 9.52 Å². The molecule has 0 saturated carbocycles. The van der Waals surface area contributed by atoms with E-state index in [0.29, 0.717) is 18.1 Å². The lowest BCUT2D eigenvalue weighted by Gasteiger charge is -2.01. The topological polar surface area (TPSA) is 92.4 Å². The first-order chi connectivity index (χ1) is 9.42. The minimum absolute atomic E-state index is 0.00228. The predicted octanol–water partition coefficient (Wildman–Crippen LogP) is 1.37. The van der Waals surface area contributed by atoms with Gasteiger partial charge in [0.15, 0.2) is 0 Å². The molecule has 0 fully saturated rings. The van der Waals surface area contributed by atoms with Crippen molar-refractivity contribution in [3.05, 3.63) is 34.4 Å². The van der Waals surface area contributed by atoms with Crippen molar-refractivity contribution in [1.82, 2.24) is 9.71 Å². The Labute approximate surface area is 121 Å². The molecule has 2 N–H and O–H groups in total. The lowest BCUT2D eigenvalue weighted by Crippen LogP contribution is -2.22. The minimum Gasteiger partial charge on any atom is -0.444 e. The normalized spacial score (nSPS) is 11.9. The highest BCUT2D eigenvalue weighted by Crippen LogP contribution is 2.22. The van der Waals surface area contributed by atoms with Crippen molar-refractivity contribution in [2.45, 2.75) is 31.0 Å². The molecule has 0 amide bonds. The van der Waals surface area contributed by atoms with Gasteiger partial charge in [0.2, 0.25) is 5.89 Å². The monoisotopic (exact) mass is 316 g/mol. The van der Waals surface area contributed by atoms with Crippen LogP contribution in [0.25, 0.3) is 0 Å². The Balaban J connectivity index is 2.06. The summed E-state index contributed by atoms with van der Waals surface area (Å²) >= 11 is 1.15. The molecule has 2 heterocycles. The van der Waals surface area contributed by atoms with Gasteiger partial charge in [0.05, 0.1) is 12.2 Å². The first-order valence-electron chi connectivity index (χ1n) is 6.04. The number of aryl methyl sites for hydroxylation is 2. The van der Waals surface area contributed by atoms with Crippen LogP contribution in [0.1, 0.15) is 22.2 Å². The third-order valence-electron chi connectivity index (χ3n) is 2.75. The fourth-order valence-electron chi connectivity index (χ4n) is 1.59. The molecule has 0 aliphatic carbocycles. The van der Waals surface area contributed by atoms with Gasteiger partial charge in [0, 0.05) is 17.9 Å². The smallest absolute Gasteiger partial charge is 0.250 e. The van der Waals surface area contributed by atoms with Gasteiger partial charge in [-0.1, -0.05) is 0 Å². The zero-order chi connectivity index (χ0) is 14.8. The van der Waals surface area contributed by atoms with Gasteiger partial charge in [-0.2, -0.15) is 0 Å². The molecule has 110 valence electrons. The molecular weight excluding hydrogens is 300 g/mol. The van der Waals surface area contributed by atoms with Crippen LogP contribution >= 0.6 is 11.3 Å². The Hall–Kier alpha value is -1.22. The lowest BCUT2D eigenvalue weighted by atomic mass is 10.4. The number of hydrogen-bond donors (Lipinski definition) is 2. The van der Waals surface area contributed by atoms with Gasteiger partial charge in [-0.05, 0) is 26.0 Å². The summed E-state index contributed by atoms with van der Waals surface area (Å²) in [5, 5.41) is 8.83. The summed E-state index contributed by atoms with van der Waals surface area (Å²) in [7, 11) is -3.57. The molecule has 2 aromatic rings. The molecule has 0 saturated heterocycles. The maximum Gasteiger partial charge on any atom is 0.250 e. The number of thiophene rings is 1. The van der Waals surface area contributed by atoms with E-state index in [1.165, 1.54) is 6.07 Å². The van der Waals surface area contributed by atoms with E-state index in [2.05, 4.69) is 9.71 Å². The van der Waals surface area contributed by atoms with Crippen LogP contribution in [0.4, 0.5) is 0 Å². The molecule has 0 aromatic carbocycles. The summed E-state index contributed by atoms with van der Waals surface area (Å²) in [6.45, 7) is 3.60. The summed E-state index contributed by atoms with van der Waals surface area (Å²) in [5.41, 5.74) is 0.751. The number of aromatic nitrogens is 1. The van der Waals surface area contributed by atoms with Crippen molar-refractivity contribution in [2.75, 3.05) is 6.61 Å². The first-order valence-corrected chi connectivity index (χ1v) is 8.34. The SMILES string of the molecule is Cc1nc(CNS(=O)(=O)c2ccc(CCO)s2)oc1C. The van der Waals surface area contributed by atoms with Crippen LogP contribution in [0, 0.1) is 13.8 Å². The molecule has 0 spiro atoms. The average Bonchev–Trinajstić information content (AvgIpc) is 2.96. The van der Waals surface area contributed by atoms with E-state index in [-0.39, 0.29) is 17.4 Å². The van der Waals surface area contributed by atoms with Crippen molar-refractivity contribution in [3.63, 3.8) is 0 Å². The van der Waals surface area contributed by atoms with Crippen LogP contribution < -0.4 is 4.72 Å². The van der Waals surface area contributed by atoms with Crippen molar-refractivity contribution in [3.8, 4) is 0 Å². The standard InChI is InChI=1S/C12H16N2O4S2/c1-8-9(2)18-11(14-8)7-13-20(16,17)12-4-3-10(19-12)5-6-15/h3-4,13,15H,5-7H2,1-2H3. The fourth-order valence-corrected chi connectivity index (χ4v) is 3.95. The lowest BCUT2D eigenvalue weighted by molar-refractivity contribution is 0.300. The Morgan fingerprint density at radius 2 is 2.15 bits per heavy atom. The van der Waals surface area contributed by atoms with Crippen LogP contribution in [-0.2, 0) is 23.0 Å². The predicted molar refractivity (Wildman–Crippen MR) is 75.1 cm³/mol. The van der Waals surface area contributed by atoms with Crippen LogP contribution in [0.15, 0.2) is 20.8 Å². The maximum absolute atomic E-state index is 12.1. The van der Waals surface area contributed by atoms with E-state index in [1.54, 1.807) is 19.9 Å². The van der Waals surface area contributed by atoms with E-state index >= 15 is 0 Å². The molecule has 6 nitrogen and oxygen atoms in total. The zero-order valence-corrected chi connectivity index (χ0v) is 12.8. The molecule has 2 aromatic heterocycles. The molecule has 0 aliphatic heterocycles. The van der Waals surface area contributed by atoms with Gasteiger partial charge in [-0.15, -0.1) is 11.3 Å². The molecular formula is C12H16N2O4S2. The molecule has 8 heteroatoms. The second-order valence-corrected chi connectivity index (χ2v) is 7.43. The quantitative estimate of drug-likeness (QED) is 0.839. The summed E-state index contributed by atoms with van der Waals surface area (Å²) in [6, 6.07) is 3.24. The average molecular weight is 316 g/mol. The van der Waals surface area contributed by atoms with E-state index in [0.717, 1.165) is 21.9 Å². The van der Waals surface area contributed by atoms with Crippen molar-refractivity contribution in [2.24, 2.45) is 0 Å². The van der Waals surface area contributed by atoms with Crippen LogP contribution in [-0.4, -0.2) is 25.1 Å². The van der Waals surface area contributed by atoms with Gasteiger partial charge < -0.3 is 9.52 Å². The molecule has 0 aliphatic rings. The fraction of sp³-hybridized carbons (Fsp3) is 0.417. The third-order valence-corrected chi connectivity index (χ3v) is 5.78. The Bertz CT molecular complexity index is 669. The van der Waals surface area contributed by atoms with Gasteiger partial charge >= 0.3 is 0 Å². The number of rotatable bonds is 6. The van der Waals surface area contributed by atoms with E-state index < -0.39 is 10.0 Å². The van der Waals surface area contributed by atoms with Gasteiger partial charge in [0.1, 0.15) is 9.97 Å². The number of sulfonamides is 1. The molecule has 2 rings (SSSR count). The molecule has 0 unspecified atom stereocenters. The molecule has 20 heavy (non-hydrogen) atoms. The summed E-state index contributed by atoms with van der Waals surface area (Å²) in [4.78, 5) is 4.95. The summed E-state index contributed by atoms with van der Waals surface area (Å²) in [5.74, 6) is 1.02. The second-order valence-electron chi connectivity index (χ2n) is 4.27. The number of aliphatic hydroxyl groups is 1. The van der Waals surface area contributed by atoms with Gasteiger partial charge in [0.25, 0.3) is 10.0 Å². The van der Waals surface area contributed by atoms with Crippen LogP contribution in [0.3, 0.4) is 0 Å². The van der Waals surface area contributed by atoms with Gasteiger partial charge in [-0.3, -0.25) is 0 Å². The Morgan fingerprint density at radius 1 is 1.40 bits per heavy atom. The number of nitrogens with one attached hydrogen (secondary N) is 1. The van der Waals surface area contributed by atoms with Crippen LogP contribution in [0.2, 0.25) is 0 Å². The number of aliphatic hydroxyl groups excluding tert-OH is 1. The van der Waals surface area contributed by atoms with E-state index in [1.807, 2.05) is 0 Å². The van der Waals surface area contributed by atoms with E-state index in [9.17, 15) is 8.42 Å². The number of oxazole rings is 1. The summed E-state index contributed by atoms with van der Waals surface area (Å²) < 4.78 is 32.2.